The lowest BCUT2D eigenvalue weighted by atomic mass is 9.79. The number of nitrogens with one attached hydrogen (secondary N) is 2. The number of amides is 1. The van der Waals surface area contributed by atoms with Crippen LogP contribution in [0.15, 0.2) is 24.4 Å². The monoisotopic (exact) mass is 374 g/mol. The van der Waals surface area contributed by atoms with Crippen LogP contribution < -0.4 is 10.9 Å². The molecule has 2 N–H and O–H groups in total. The zero-order valence-corrected chi connectivity index (χ0v) is 15.3. The van der Waals surface area contributed by atoms with Gasteiger partial charge in [0.25, 0.3) is 0 Å². The maximum atomic E-state index is 13.0. The van der Waals surface area contributed by atoms with E-state index in [1.54, 1.807) is 6.20 Å². The van der Waals surface area contributed by atoms with Crippen molar-refractivity contribution in [2.24, 2.45) is 5.92 Å². The topological polar surface area (TPSA) is 104 Å². The van der Waals surface area contributed by atoms with Crippen LogP contribution in [0.25, 0.3) is 0 Å². The summed E-state index contributed by atoms with van der Waals surface area (Å²) in [5, 5.41) is 11.2. The van der Waals surface area contributed by atoms with Crippen LogP contribution in [0, 0.1) is 16.0 Å². The lowest BCUT2D eigenvalue weighted by molar-refractivity contribution is -0.528. The van der Waals surface area contributed by atoms with Gasteiger partial charge in [-0.2, -0.15) is 0 Å². The lowest BCUT2D eigenvalue weighted by Gasteiger charge is -2.37. The predicted molar refractivity (Wildman–Crippen MR) is 98.1 cm³/mol. The third kappa shape index (κ3) is 3.95. The molecule has 3 heterocycles. The molecule has 3 aliphatic rings. The fourth-order valence-electron chi connectivity index (χ4n) is 4.51. The zero-order chi connectivity index (χ0) is 18.8. The summed E-state index contributed by atoms with van der Waals surface area (Å²) in [5.74, 6) is 0.0599. The first-order valence-electron chi connectivity index (χ1n) is 9.67. The molecule has 4 rings (SSSR count). The van der Waals surface area contributed by atoms with Gasteiger partial charge in [-0.1, -0.05) is 6.07 Å². The smallest absolute Gasteiger partial charge is 0.241 e. The van der Waals surface area contributed by atoms with E-state index in [4.69, 9.17) is 0 Å². The van der Waals surface area contributed by atoms with Gasteiger partial charge in [-0.3, -0.25) is 30.2 Å². The molecular formula is C18H26N6O3. The van der Waals surface area contributed by atoms with E-state index >= 15 is 0 Å². The highest BCUT2D eigenvalue weighted by Gasteiger charge is 2.47. The molecule has 1 amide bonds. The average Bonchev–Trinajstić information content (AvgIpc) is 3.12. The molecule has 1 aliphatic carbocycles. The molecule has 1 aromatic heterocycles. The number of hydrogen-bond acceptors (Lipinski definition) is 7. The first-order valence-corrected chi connectivity index (χ1v) is 9.67. The van der Waals surface area contributed by atoms with Crippen LogP contribution in [0.1, 0.15) is 25.0 Å². The van der Waals surface area contributed by atoms with E-state index in [2.05, 4.69) is 20.7 Å². The molecule has 9 nitrogen and oxygen atoms in total. The van der Waals surface area contributed by atoms with Crippen molar-refractivity contribution in [1.82, 2.24) is 25.6 Å². The summed E-state index contributed by atoms with van der Waals surface area (Å²) in [6.45, 7) is 3.78. The maximum absolute atomic E-state index is 13.0. The summed E-state index contributed by atoms with van der Waals surface area (Å²) < 4.78 is 0. The Hall–Kier alpha value is -2.10. The summed E-state index contributed by atoms with van der Waals surface area (Å²) in [6.07, 6.45) is 3.58. The van der Waals surface area contributed by atoms with Crippen LogP contribution in [-0.4, -0.2) is 69.9 Å². The predicted octanol–water partition coefficient (Wildman–Crippen LogP) is 0.0162. The van der Waals surface area contributed by atoms with E-state index in [1.807, 2.05) is 23.1 Å². The number of piperazine rings is 1. The van der Waals surface area contributed by atoms with Crippen molar-refractivity contribution in [2.45, 2.75) is 43.9 Å². The first-order chi connectivity index (χ1) is 13.1. The third-order valence-corrected chi connectivity index (χ3v) is 6.08. The molecule has 4 atom stereocenters. The Morgan fingerprint density at radius 3 is 2.74 bits per heavy atom. The number of hydrazine groups is 1. The van der Waals surface area contributed by atoms with Crippen molar-refractivity contribution in [3.05, 3.63) is 40.2 Å². The van der Waals surface area contributed by atoms with Gasteiger partial charge in [0.1, 0.15) is 6.04 Å². The molecule has 27 heavy (non-hydrogen) atoms. The van der Waals surface area contributed by atoms with Crippen molar-refractivity contribution >= 4 is 5.91 Å². The molecule has 1 saturated carbocycles. The van der Waals surface area contributed by atoms with Gasteiger partial charge in [-0.05, 0) is 18.6 Å². The SMILES string of the molecule is O=C(C1NNC2CCC([N+](=O)[O-])CC21)N1CCN(Cc2ccccn2)CC1. The summed E-state index contributed by atoms with van der Waals surface area (Å²) in [7, 11) is 0. The first kappa shape index (κ1) is 18.3. The molecule has 2 aliphatic heterocycles. The second-order valence-electron chi connectivity index (χ2n) is 7.71. The lowest BCUT2D eigenvalue weighted by Crippen LogP contribution is -2.55. The van der Waals surface area contributed by atoms with Gasteiger partial charge in [-0.25, -0.2) is 5.43 Å². The molecule has 9 heteroatoms. The minimum atomic E-state index is -0.529. The second-order valence-corrected chi connectivity index (χ2v) is 7.71. The molecular weight excluding hydrogens is 348 g/mol. The Morgan fingerprint density at radius 1 is 1.22 bits per heavy atom. The van der Waals surface area contributed by atoms with Crippen LogP contribution in [0.3, 0.4) is 0 Å². The van der Waals surface area contributed by atoms with Gasteiger partial charge in [0, 0.05) is 68.6 Å². The Labute approximate surface area is 158 Å². The highest BCUT2D eigenvalue weighted by molar-refractivity contribution is 5.82. The van der Waals surface area contributed by atoms with Gasteiger partial charge in [0.2, 0.25) is 11.9 Å². The Morgan fingerprint density at radius 2 is 2.04 bits per heavy atom. The number of carbonyl (C=O) groups excluding carboxylic acids is 1. The van der Waals surface area contributed by atoms with Gasteiger partial charge in [0.15, 0.2) is 0 Å². The molecule has 0 aromatic carbocycles. The molecule has 146 valence electrons. The second kappa shape index (κ2) is 7.87. The highest BCUT2D eigenvalue weighted by atomic mass is 16.6. The number of rotatable bonds is 4. The van der Waals surface area contributed by atoms with E-state index in [1.165, 1.54) is 0 Å². The van der Waals surface area contributed by atoms with Gasteiger partial charge in [0.05, 0.1) is 5.69 Å². The van der Waals surface area contributed by atoms with Gasteiger partial charge in [-0.15, -0.1) is 0 Å². The minimum absolute atomic E-state index is 0.00630. The molecule has 4 unspecified atom stereocenters. The largest absolute Gasteiger partial charge is 0.339 e. The van der Waals surface area contributed by atoms with Crippen LogP contribution in [0.2, 0.25) is 0 Å². The fraction of sp³-hybridized carbons (Fsp3) is 0.667. The third-order valence-electron chi connectivity index (χ3n) is 6.08. The fourth-order valence-corrected chi connectivity index (χ4v) is 4.51. The van der Waals surface area contributed by atoms with Crippen LogP contribution in [-0.2, 0) is 11.3 Å². The van der Waals surface area contributed by atoms with Crippen molar-refractivity contribution in [1.29, 1.82) is 0 Å². The number of nitrogens with zero attached hydrogens (tertiary/aromatic N) is 4. The molecule has 0 bridgehead atoms. The average molecular weight is 374 g/mol. The minimum Gasteiger partial charge on any atom is -0.339 e. The van der Waals surface area contributed by atoms with Crippen molar-refractivity contribution < 1.29 is 9.72 Å². The van der Waals surface area contributed by atoms with Crippen LogP contribution >= 0.6 is 0 Å². The van der Waals surface area contributed by atoms with Crippen LogP contribution in [0.5, 0.6) is 0 Å². The zero-order valence-electron chi connectivity index (χ0n) is 15.3. The normalized spacial score (nSPS) is 31.5. The van der Waals surface area contributed by atoms with E-state index in [-0.39, 0.29) is 28.8 Å². The summed E-state index contributed by atoms with van der Waals surface area (Å²) in [4.78, 5) is 32.6. The Balaban J connectivity index is 1.32. The number of pyridine rings is 1. The quantitative estimate of drug-likeness (QED) is 0.565. The van der Waals surface area contributed by atoms with Crippen molar-refractivity contribution in [3.8, 4) is 0 Å². The number of nitro groups is 1. The van der Waals surface area contributed by atoms with E-state index < -0.39 is 6.04 Å². The number of carbonyl (C=O) groups is 1. The standard InChI is InChI=1S/C18H26N6O3/c25-18(17-15-11-14(24(26)27)4-5-16(15)20-21-17)23-9-7-22(8-10-23)12-13-3-1-2-6-19-13/h1-3,6,14-17,20-21H,4-5,7-12H2. The van der Waals surface area contributed by atoms with Gasteiger partial charge >= 0.3 is 0 Å². The molecule has 1 aromatic rings. The highest BCUT2D eigenvalue weighted by Crippen LogP contribution is 2.32. The molecule has 0 spiro atoms. The summed E-state index contributed by atoms with van der Waals surface area (Å²) in [5.41, 5.74) is 7.35. The maximum Gasteiger partial charge on any atom is 0.241 e. The van der Waals surface area contributed by atoms with Crippen molar-refractivity contribution in [2.75, 3.05) is 26.2 Å². The number of hydrogen-bond donors (Lipinski definition) is 2. The van der Waals surface area contributed by atoms with Crippen molar-refractivity contribution in [3.63, 3.8) is 0 Å². The van der Waals surface area contributed by atoms with E-state index in [9.17, 15) is 14.9 Å². The van der Waals surface area contributed by atoms with Gasteiger partial charge < -0.3 is 4.90 Å². The van der Waals surface area contributed by atoms with E-state index in [0.29, 0.717) is 25.9 Å². The van der Waals surface area contributed by atoms with E-state index in [0.717, 1.165) is 31.7 Å². The number of fused-ring (bicyclic) bond motifs is 1. The molecule has 2 saturated heterocycles. The van der Waals surface area contributed by atoms with Crippen LogP contribution in [0.4, 0.5) is 0 Å². The molecule has 3 fully saturated rings. The molecule has 0 radical (unpaired) electrons. The Bertz CT molecular complexity index is 679. The summed E-state index contributed by atoms with van der Waals surface area (Å²) >= 11 is 0. The summed E-state index contributed by atoms with van der Waals surface area (Å²) in [6, 6.07) is 5.17. The number of aromatic nitrogens is 1. The Kier molecular flexibility index (Phi) is 5.33.